The lowest BCUT2D eigenvalue weighted by molar-refractivity contribution is -0.143. The first-order valence-corrected chi connectivity index (χ1v) is 6.81. The second-order valence-electron chi connectivity index (χ2n) is 4.55. The molecule has 0 aliphatic rings. The van der Waals surface area contributed by atoms with Crippen LogP contribution >= 0.6 is 0 Å². The van der Waals surface area contributed by atoms with Crippen molar-refractivity contribution in [3.8, 4) is 11.4 Å². The number of pyridine rings is 1. The number of ether oxygens (including phenoxy) is 1. The molecule has 0 aliphatic heterocycles. The first-order valence-electron chi connectivity index (χ1n) is 6.81. The molecule has 0 fully saturated rings. The zero-order valence-corrected chi connectivity index (χ0v) is 11.7. The van der Waals surface area contributed by atoms with Crippen LogP contribution < -0.4 is 0 Å². The molecule has 0 N–H and O–H groups in total. The number of nitrogens with zero attached hydrogens (tertiary/aromatic N) is 3. The highest BCUT2D eigenvalue weighted by molar-refractivity contribution is 5.83. The van der Waals surface area contributed by atoms with Crippen molar-refractivity contribution < 1.29 is 9.53 Å². The zero-order valence-electron chi connectivity index (χ0n) is 11.7. The number of hydrogen-bond donors (Lipinski definition) is 0. The summed E-state index contributed by atoms with van der Waals surface area (Å²) >= 11 is 0. The summed E-state index contributed by atoms with van der Waals surface area (Å²) in [6.45, 7) is 2.32. The van der Waals surface area contributed by atoms with Gasteiger partial charge >= 0.3 is 5.97 Å². The van der Waals surface area contributed by atoms with Gasteiger partial charge < -0.3 is 9.30 Å². The number of rotatable bonds is 4. The van der Waals surface area contributed by atoms with Crippen molar-refractivity contribution in [2.75, 3.05) is 6.61 Å². The lowest BCUT2D eigenvalue weighted by Gasteiger charge is -2.08. The number of esters is 1. The fourth-order valence-corrected chi connectivity index (χ4v) is 2.29. The van der Waals surface area contributed by atoms with Crippen LogP contribution in [0.15, 0.2) is 48.8 Å². The molecular weight excluding hydrogens is 266 g/mol. The third-order valence-corrected chi connectivity index (χ3v) is 3.19. The SMILES string of the molecule is CCOC(=O)Cn1c(-c2ccncc2)nc2ccccc21. The fraction of sp³-hybridized carbons (Fsp3) is 0.188. The Labute approximate surface area is 122 Å². The molecule has 0 unspecified atom stereocenters. The molecule has 0 saturated carbocycles. The standard InChI is InChI=1S/C16H15N3O2/c1-2-21-15(20)11-19-14-6-4-3-5-13(14)18-16(19)12-7-9-17-10-8-12/h3-10H,2,11H2,1H3. The average molecular weight is 281 g/mol. The number of para-hydroxylation sites is 2. The molecule has 1 aromatic carbocycles. The highest BCUT2D eigenvalue weighted by Crippen LogP contribution is 2.24. The second kappa shape index (κ2) is 5.75. The zero-order chi connectivity index (χ0) is 14.7. The van der Waals surface area contributed by atoms with Crippen molar-refractivity contribution in [2.24, 2.45) is 0 Å². The van der Waals surface area contributed by atoms with E-state index in [-0.39, 0.29) is 12.5 Å². The predicted molar refractivity (Wildman–Crippen MR) is 79.6 cm³/mol. The van der Waals surface area contributed by atoms with Gasteiger partial charge in [0, 0.05) is 18.0 Å². The molecule has 2 aromatic heterocycles. The van der Waals surface area contributed by atoms with Crippen molar-refractivity contribution in [1.82, 2.24) is 14.5 Å². The van der Waals surface area contributed by atoms with Gasteiger partial charge in [-0.2, -0.15) is 0 Å². The van der Waals surface area contributed by atoms with Crippen LogP contribution in [0.3, 0.4) is 0 Å². The van der Waals surface area contributed by atoms with Crippen LogP contribution in [0.2, 0.25) is 0 Å². The Morgan fingerprint density at radius 3 is 2.71 bits per heavy atom. The molecule has 0 aliphatic carbocycles. The van der Waals surface area contributed by atoms with Crippen LogP contribution in [0.1, 0.15) is 6.92 Å². The van der Waals surface area contributed by atoms with Crippen LogP contribution in [-0.4, -0.2) is 27.1 Å². The van der Waals surface area contributed by atoms with E-state index in [1.54, 1.807) is 19.3 Å². The Morgan fingerprint density at radius 2 is 1.95 bits per heavy atom. The quantitative estimate of drug-likeness (QED) is 0.690. The minimum atomic E-state index is -0.268. The minimum Gasteiger partial charge on any atom is -0.465 e. The summed E-state index contributed by atoms with van der Waals surface area (Å²) in [6.07, 6.45) is 3.42. The number of benzene rings is 1. The molecule has 0 amide bonds. The first-order chi connectivity index (χ1) is 10.3. The van der Waals surface area contributed by atoms with Gasteiger partial charge in [-0.05, 0) is 31.2 Å². The van der Waals surface area contributed by atoms with Gasteiger partial charge in [-0.3, -0.25) is 9.78 Å². The van der Waals surface area contributed by atoms with Crippen molar-refractivity contribution in [3.05, 3.63) is 48.8 Å². The number of imidazole rings is 1. The summed E-state index contributed by atoms with van der Waals surface area (Å²) in [4.78, 5) is 20.5. The maximum atomic E-state index is 11.9. The maximum Gasteiger partial charge on any atom is 0.326 e. The molecule has 21 heavy (non-hydrogen) atoms. The third-order valence-electron chi connectivity index (χ3n) is 3.19. The molecular formula is C16H15N3O2. The summed E-state index contributed by atoms with van der Waals surface area (Å²) in [7, 11) is 0. The van der Waals surface area contributed by atoms with Crippen molar-refractivity contribution in [1.29, 1.82) is 0 Å². The number of hydrogen-bond acceptors (Lipinski definition) is 4. The van der Waals surface area contributed by atoms with Gasteiger partial charge in [0.1, 0.15) is 12.4 Å². The number of carbonyl (C=O) groups excluding carboxylic acids is 1. The van der Waals surface area contributed by atoms with Gasteiger partial charge in [0.2, 0.25) is 0 Å². The normalized spacial score (nSPS) is 10.7. The van der Waals surface area contributed by atoms with Crippen molar-refractivity contribution >= 4 is 17.0 Å². The first kappa shape index (κ1) is 13.3. The lowest BCUT2D eigenvalue weighted by Crippen LogP contribution is -2.14. The summed E-state index contributed by atoms with van der Waals surface area (Å²) in [5, 5.41) is 0. The van der Waals surface area contributed by atoms with E-state index >= 15 is 0 Å². The van der Waals surface area contributed by atoms with E-state index < -0.39 is 0 Å². The van der Waals surface area contributed by atoms with E-state index in [2.05, 4.69) is 9.97 Å². The smallest absolute Gasteiger partial charge is 0.326 e. The van der Waals surface area contributed by atoms with E-state index in [1.165, 1.54) is 0 Å². The Bertz CT molecular complexity index is 766. The summed E-state index contributed by atoms with van der Waals surface area (Å²) in [6, 6.07) is 11.5. The van der Waals surface area contributed by atoms with Gasteiger partial charge in [0.25, 0.3) is 0 Å². The molecule has 0 atom stereocenters. The second-order valence-corrected chi connectivity index (χ2v) is 4.55. The Hall–Kier alpha value is -2.69. The topological polar surface area (TPSA) is 57.0 Å². The number of fused-ring (bicyclic) bond motifs is 1. The minimum absolute atomic E-state index is 0.145. The lowest BCUT2D eigenvalue weighted by atomic mass is 10.2. The Balaban J connectivity index is 2.12. The predicted octanol–water partition coefficient (Wildman–Crippen LogP) is 2.66. The van der Waals surface area contributed by atoms with E-state index in [0.29, 0.717) is 6.61 Å². The maximum absolute atomic E-state index is 11.9. The van der Waals surface area contributed by atoms with Gasteiger partial charge in [0.15, 0.2) is 0 Å². The highest BCUT2D eigenvalue weighted by atomic mass is 16.5. The van der Waals surface area contributed by atoms with Gasteiger partial charge in [0.05, 0.1) is 17.6 Å². The van der Waals surface area contributed by atoms with Gasteiger partial charge in [-0.1, -0.05) is 12.1 Å². The third kappa shape index (κ3) is 2.63. The molecule has 0 saturated heterocycles. The Morgan fingerprint density at radius 1 is 1.19 bits per heavy atom. The van der Waals surface area contributed by atoms with Crippen LogP contribution in [0, 0.1) is 0 Å². The Kier molecular flexibility index (Phi) is 3.64. The van der Waals surface area contributed by atoms with Gasteiger partial charge in [-0.25, -0.2) is 4.98 Å². The van der Waals surface area contributed by atoms with Crippen LogP contribution in [0.5, 0.6) is 0 Å². The van der Waals surface area contributed by atoms with E-state index in [4.69, 9.17) is 4.74 Å². The summed E-state index contributed by atoms with van der Waals surface area (Å²) in [5.41, 5.74) is 2.69. The average Bonchev–Trinajstić information content (AvgIpc) is 2.87. The molecule has 0 bridgehead atoms. The van der Waals surface area contributed by atoms with Crippen molar-refractivity contribution in [2.45, 2.75) is 13.5 Å². The summed E-state index contributed by atoms with van der Waals surface area (Å²) in [5.74, 6) is 0.475. The van der Waals surface area contributed by atoms with E-state index in [9.17, 15) is 4.79 Å². The molecule has 0 spiro atoms. The van der Waals surface area contributed by atoms with Crippen molar-refractivity contribution in [3.63, 3.8) is 0 Å². The molecule has 106 valence electrons. The monoisotopic (exact) mass is 281 g/mol. The van der Waals surface area contributed by atoms with E-state index in [1.807, 2.05) is 41.0 Å². The van der Waals surface area contributed by atoms with Crippen LogP contribution in [0.25, 0.3) is 22.4 Å². The highest BCUT2D eigenvalue weighted by Gasteiger charge is 2.15. The molecule has 0 radical (unpaired) electrons. The van der Waals surface area contributed by atoms with Crippen LogP contribution in [-0.2, 0) is 16.1 Å². The molecule has 5 nitrogen and oxygen atoms in total. The molecule has 3 aromatic rings. The largest absolute Gasteiger partial charge is 0.465 e. The summed E-state index contributed by atoms with van der Waals surface area (Å²) < 4.78 is 6.93. The fourth-order valence-electron chi connectivity index (χ4n) is 2.29. The molecule has 3 rings (SSSR count). The van der Waals surface area contributed by atoms with Crippen LogP contribution in [0.4, 0.5) is 0 Å². The van der Waals surface area contributed by atoms with Gasteiger partial charge in [-0.15, -0.1) is 0 Å². The molecule has 2 heterocycles. The molecule has 5 heteroatoms. The number of carbonyl (C=O) groups is 1. The van der Waals surface area contributed by atoms with E-state index in [0.717, 1.165) is 22.4 Å². The number of aromatic nitrogens is 3.